The monoisotopic (exact) mass is 390 g/mol. The van der Waals surface area contributed by atoms with Crippen LogP contribution >= 0.6 is 27.5 Å². The Morgan fingerprint density at radius 1 is 1.22 bits per heavy atom. The molecular weight excluding hydrogens is 376 g/mol. The summed E-state index contributed by atoms with van der Waals surface area (Å²) >= 11 is 9.44. The van der Waals surface area contributed by atoms with Gasteiger partial charge in [0.25, 0.3) is 5.91 Å². The summed E-state index contributed by atoms with van der Waals surface area (Å²) in [5, 5.41) is 4.54. The molecule has 1 aromatic heterocycles. The molecule has 0 spiro atoms. The molecular formula is C18H16BrClN2O. The Bertz CT molecular complexity index is 901. The number of amides is 1. The van der Waals surface area contributed by atoms with E-state index < -0.39 is 0 Å². The normalized spacial score (nSPS) is 11.0. The summed E-state index contributed by atoms with van der Waals surface area (Å²) in [6.07, 6.45) is 0. The molecule has 118 valence electrons. The Balaban J connectivity index is 1.77. The lowest BCUT2D eigenvalue weighted by atomic mass is 10.1. The van der Waals surface area contributed by atoms with Gasteiger partial charge in [-0.2, -0.15) is 0 Å². The molecule has 0 saturated heterocycles. The van der Waals surface area contributed by atoms with Crippen LogP contribution in [0, 0.1) is 6.92 Å². The quantitative estimate of drug-likeness (QED) is 0.681. The minimum absolute atomic E-state index is 0.180. The van der Waals surface area contributed by atoms with E-state index in [1.165, 1.54) is 16.6 Å². The number of nitrogens with one attached hydrogen (secondary N) is 1. The van der Waals surface area contributed by atoms with Gasteiger partial charge in [0.2, 0.25) is 0 Å². The second kappa shape index (κ2) is 6.38. The largest absolute Gasteiger partial charge is 0.348 e. The summed E-state index contributed by atoms with van der Waals surface area (Å²) in [5.41, 5.74) is 3.93. The summed E-state index contributed by atoms with van der Waals surface area (Å²) in [4.78, 5) is 12.3. The number of nitrogens with zero attached hydrogens (tertiary/aromatic N) is 1. The predicted octanol–water partition coefficient (Wildman–Crippen LogP) is 4.83. The molecule has 0 aliphatic heterocycles. The number of carbonyl (C=O) groups excluding carboxylic acids is 1. The van der Waals surface area contributed by atoms with E-state index in [4.69, 9.17) is 11.6 Å². The average Bonchev–Trinajstić information content (AvgIpc) is 2.81. The highest BCUT2D eigenvalue weighted by Gasteiger charge is 2.11. The van der Waals surface area contributed by atoms with Crippen molar-refractivity contribution in [3.05, 3.63) is 68.8 Å². The van der Waals surface area contributed by atoms with Crippen molar-refractivity contribution in [3.63, 3.8) is 0 Å². The van der Waals surface area contributed by atoms with Gasteiger partial charge in [0.05, 0.1) is 10.6 Å². The van der Waals surface area contributed by atoms with Gasteiger partial charge in [-0.25, -0.2) is 0 Å². The van der Waals surface area contributed by atoms with Crippen LogP contribution in [0.2, 0.25) is 5.02 Å². The maximum absolute atomic E-state index is 12.3. The number of aryl methyl sites for hydroxylation is 2. The molecule has 2 aromatic carbocycles. The number of halogens is 2. The first kappa shape index (κ1) is 16.1. The van der Waals surface area contributed by atoms with Crippen molar-refractivity contribution in [1.82, 2.24) is 9.88 Å². The summed E-state index contributed by atoms with van der Waals surface area (Å²) in [6.45, 7) is 2.54. The first-order valence-corrected chi connectivity index (χ1v) is 8.41. The molecule has 3 rings (SSSR count). The first-order chi connectivity index (χ1) is 11.0. The molecule has 1 amide bonds. The second-order valence-electron chi connectivity index (χ2n) is 5.54. The van der Waals surface area contributed by atoms with Crippen molar-refractivity contribution in [1.29, 1.82) is 0 Å². The van der Waals surface area contributed by atoms with Crippen molar-refractivity contribution < 1.29 is 4.79 Å². The van der Waals surface area contributed by atoms with Crippen LogP contribution in [-0.4, -0.2) is 10.5 Å². The number of benzene rings is 2. The van der Waals surface area contributed by atoms with Crippen molar-refractivity contribution in [2.45, 2.75) is 13.5 Å². The van der Waals surface area contributed by atoms with Gasteiger partial charge in [0.15, 0.2) is 0 Å². The Hall–Kier alpha value is -1.78. The number of carbonyl (C=O) groups is 1. The smallest absolute Gasteiger partial charge is 0.253 e. The fourth-order valence-electron chi connectivity index (χ4n) is 2.60. The van der Waals surface area contributed by atoms with Gasteiger partial charge in [-0.3, -0.25) is 4.79 Å². The minimum atomic E-state index is -0.180. The van der Waals surface area contributed by atoms with E-state index >= 15 is 0 Å². The minimum Gasteiger partial charge on any atom is -0.348 e. The Labute approximate surface area is 148 Å². The number of hydrogen-bond donors (Lipinski definition) is 1. The van der Waals surface area contributed by atoms with Crippen LogP contribution < -0.4 is 5.32 Å². The molecule has 3 nitrogen and oxygen atoms in total. The molecule has 1 N–H and O–H groups in total. The summed E-state index contributed by atoms with van der Waals surface area (Å²) in [5.74, 6) is -0.180. The van der Waals surface area contributed by atoms with Gasteiger partial charge in [-0.05, 0) is 48.9 Å². The Morgan fingerprint density at radius 2 is 2.00 bits per heavy atom. The van der Waals surface area contributed by atoms with E-state index in [1.54, 1.807) is 12.1 Å². The van der Waals surface area contributed by atoms with Crippen molar-refractivity contribution >= 4 is 44.3 Å². The summed E-state index contributed by atoms with van der Waals surface area (Å²) < 4.78 is 2.98. The van der Waals surface area contributed by atoms with Crippen LogP contribution in [0.4, 0.5) is 0 Å². The number of aromatic nitrogens is 1. The van der Waals surface area contributed by atoms with Gasteiger partial charge in [-0.1, -0.05) is 33.6 Å². The number of rotatable bonds is 3. The third-order valence-corrected chi connectivity index (χ3v) is 4.80. The molecule has 0 saturated carbocycles. The molecule has 0 radical (unpaired) electrons. The zero-order valence-corrected chi connectivity index (χ0v) is 15.2. The summed E-state index contributed by atoms with van der Waals surface area (Å²) in [6, 6.07) is 13.6. The van der Waals surface area contributed by atoms with Crippen LogP contribution in [0.15, 0.2) is 46.9 Å². The molecule has 0 bridgehead atoms. The first-order valence-electron chi connectivity index (χ1n) is 7.24. The maximum atomic E-state index is 12.3. The van der Waals surface area contributed by atoms with E-state index in [0.717, 1.165) is 10.0 Å². The van der Waals surface area contributed by atoms with Gasteiger partial charge in [0, 0.05) is 34.7 Å². The number of hydrogen-bond acceptors (Lipinski definition) is 1. The van der Waals surface area contributed by atoms with Crippen LogP contribution in [0.3, 0.4) is 0 Å². The van der Waals surface area contributed by atoms with E-state index in [2.05, 4.69) is 50.9 Å². The van der Waals surface area contributed by atoms with Crippen LogP contribution in [-0.2, 0) is 13.6 Å². The topological polar surface area (TPSA) is 34.0 Å². The van der Waals surface area contributed by atoms with E-state index in [1.807, 2.05) is 19.2 Å². The molecule has 23 heavy (non-hydrogen) atoms. The number of fused-ring (bicyclic) bond motifs is 1. The third kappa shape index (κ3) is 3.28. The molecule has 5 heteroatoms. The Kier molecular flexibility index (Phi) is 4.46. The zero-order chi connectivity index (χ0) is 16.6. The van der Waals surface area contributed by atoms with Crippen LogP contribution in [0.25, 0.3) is 10.9 Å². The van der Waals surface area contributed by atoms with Gasteiger partial charge >= 0.3 is 0 Å². The highest BCUT2D eigenvalue weighted by molar-refractivity contribution is 9.10. The fourth-order valence-corrected chi connectivity index (χ4v) is 3.16. The average molecular weight is 392 g/mol. The van der Waals surface area contributed by atoms with Crippen LogP contribution in [0.5, 0.6) is 0 Å². The molecule has 3 aromatic rings. The van der Waals surface area contributed by atoms with Gasteiger partial charge < -0.3 is 9.88 Å². The lowest BCUT2D eigenvalue weighted by molar-refractivity contribution is 0.0951. The third-order valence-electron chi connectivity index (χ3n) is 3.97. The molecule has 0 unspecified atom stereocenters. The zero-order valence-electron chi connectivity index (χ0n) is 12.9. The van der Waals surface area contributed by atoms with Gasteiger partial charge in [0.1, 0.15) is 0 Å². The van der Waals surface area contributed by atoms with Crippen molar-refractivity contribution in [3.8, 4) is 0 Å². The molecule has 0 atom stereocenters. The SMILES string of the molecule is Cc1cc2cc(CNC(=O)c3cc(Br)ccc3Cl)ccc2n1C. The van der Waals surface area contributed by atoms with Crippen molar-refractivity contribution in [2.24, 2.45) is 7.05 Å². The van der Waals surface area contributed by atoms with E-state index in [0.29, 0.717) is 17.1 Å². The predicted molar refractivity (Wildman–Crippen MR) is 98.0 cm³/mol. The highest BCUT2D eigenvalue weighted by Crippen LogP contribution is 2.22. The van der Waals surface area contributed by atoms with Gasteiger partial charge in [-0.15, -0.1) is 0 Å². The Morgan fingerprint density at radius 3 is 2.78 bits per heavy atom. The van der Waals surface area contributed by atoms with Crippen LogP contribution in [0.1, 0.15) is 21.6 Å². The maximum Gasteiger partial charge on any atom is 0.253 e. The lowest BCUT2D eigenvalue weighted by Gasteiger charge is -2.08. The van der Waals surface area contributed by atoms with E-state index in [-0.39, 0.29) is 5.91 Å². The highest BCUT2D eigenvalue weighted by atomic mass is 79.9. The summed E-state index contributed by atoms with van der Waals surface area (Å²) in [7, 11) is 2.05. The second-order valence-corrected chi connectivity index (χ2v) is 6.87. The van der Waals surface area contributed by atoms with Crippen molar-refractivity contribution in [2.75, 3.05) is 0 Å². The fraction of sp³-hybridized carbons (Fsp3) is 0.167. The molecule has 0 aliphatic rings. The standard InChI is InChI=1S/C18H16BrClN2O/c1-11-7-13-8-12(3-6-17(13)22(11)2)10-21-18(23)15-9-14(19)4-5-16(15)20/h3-9H,10H2,1-2H3,(H,21,23). The lowest BCUT2D eigenvalue weighted by Crippen LogP contribution is -2.23. The molecule has 0 fully saturated rings. The molecule has 0 aliphatic carbocycles. The molecule has 1 heterocycles. The van der Waals surface area contributed by atoms with E-state index in [9.17, 15) is 4.79 Å².